The smallest absolute Gasteiger partial charge is 0.0239 e. The number of nitrogens with zero attached hydrogens (tertiary/aromatic N) is 2. The van der Waals surface area contributed by atoms with Crippen LogP contribution in [-0.2, 0) is 20.1 Å². The van der Waals surface area contributed by atoms with Crippen LogP contribution in [0.3, 0.4) is 0 Å². The predicted molar refractivity (Wildman–Crippen MR) is 135 cm³/mol. The van der Waals surface area contributed by atoms with Gasteiger partial charge >= 0.3 is 0 Å². The van der Waals surface area contributed by atoms with Crippen molar-refractivity contribution >= 4 is 31.5 Å². The normalized spacial score (nSPS) is 10.3. The fourth-order valence-electron chi connectivity index (χ4n) is 3.63. The first-order valence-corrected chi connectivity index (χ1v) is 11.2. The van der Waals surface area contributed by atoms with E-state index in [4.69, 9.17) is 0 Å². The maximum atomic E-state index is 4.46. The molecule has 0 saturated heterocycles. The molecule has 0 aliphatic carbocycles. The number of pyridine rings is 2. The van der Waals surface area contributed by atoms with Crippen LogP contribution in [0.2, 0.25) is 0 Å². The van der Waals surface area contributed by atoms with Crippen LogP contribution in [0.15, 0.2) is 103 Å². The second kappa shape index (κ2) is 10.6. The zero-order valence-corrected chi connectivity index (χ0v) is 21.2. The Morgan fingerprint density at radius 3 is 2.15 bits per heavy atom. The number of rotatable bonds is 2. The van der Waals surface area contributed by atoms with E-state index in [9.17, 15) is 0 Å². The van der Waals surface area contributed by atoms with E-state index < -0.39 is 0 Å². The van der Waals surface area contributed by atoms with Gasteiger partial charge in [-0.15, -0.1) is 59.7 Å². The molecule has 2 nitrogen and oxygen atoms in total. The Kier molecular flexibility index (Phi) is 7.41. The molecule has 0 N–H and O–H groups in total. The minimum Gasteiger partial charge on any atom is -0.305 e. The van der Waals surface area contributed by atoms with Crippen molar-refractivity contribution in [2.45, 2.75) is 6.92 Å². The van der Waals surface area contributed by atoms with Crippen molar-refractivity contribution in [3.05, 3.63) is 121 Å². The minimum atomic E-state index is 0. The van der Waals surface area contributed by atoms with Gasteiger partial charge in [-0.3, -0.25) is 0 Å². The zero-order valence-electron chi connectivity index (χ0n) is 18.0. The average molecular weight is 621 g/mol. The Bertz CT molecular complexity index is 1430. The van der Waals surface area contributed by atoms with Gasteiger partial charge in [0.1, 0.15) is 0 Å². The molecule has 3 heterocycles. The van der Waals surface area contributed by atoms with Crippen LogP contribution >= 0.6 is 11.3 Å². The van der Waals surface area contributed by atoms with Gasteiger partial charge in [0.05, 0.1) is 0 Å². The molecule has 0 unspecified atom stereocenters. The molecule has 0 atom stereocenters. The van der Waals surface area contributed by atoms with E-state index in [-0.39, 0.29) is 20.1 Å². The first kappa shape index (κ1) is 23.0. The van der Waals surface area contributed by atoms with E-state index in [1.54, 1.807) is 6.20 Å². The largest absolute Gasteiger partial charge is 0.305 e. The van der Waals surface area contributed by atoms with E-state index in [0.29, 0.717) is 0 Å². The topological polar surface area (TPSA) is 25.8 Å². The van der Waals surface area contributed by atoms with Gasteiger partial charge in [-0.1, -0.05) is 47.3 Å². The number of aryl methyl sites for hydroxylation is 1. The molecule has 0 fully saturated rings. The number of thiophene rings is 1. The van der Waals surface area contributed by atoms with Gasteiger partial charge in [-0.25, -0.2) is 0 Å². The molecule has 0 saturated carbocycles. The van der Waals surface area contributed by atoms with Gasteiger partial charge in [0.2, 0.25) is 0 Å². The Morgan fingerprint density at radius 1 is 0.697 bits per heavy atom. The Balaban J connectivity index is 0.000000172. The summed E-state index contributed by atoms with van der Waals surface area (Å²) in [6.07, 6.45) is 3.62. The van der Waals surface area contributed by atoms with Gasteiger partial charge in [0, 0.05) is 37.2 Å². The van der Waals surface area contributed by atoms with Crippen molar-refractivity contribution in [2.24, 2.45) is 0 Å². The molecule has 0 aliphatic rings. The van der Waals surface area contributed by atoms with Crippen LogP contribution in [0.4, 0.5) is 0 Å². The first-order valence-electron chi connectivity index (χ1n) is 10.4. The Hall–Kier alpha value is -3.17. The van der Waals surface area contributed by atoms with Crippen LogP contribution in [0, 0.1) is 19.1 Å². The SMILES string of the molecule is Cc1ccc2sc3c(-c4ccccn4)[c-]ccc3c2c1.[Ir].[c-]1ccccc1-c1ccccn1. The van der Waals surface area contributed by atoms with Crippen molar-refractivity contribution in [3.63, 3.8) is 0 Å². The molecule has 33 heavy (non-hydrogen) atoms. The molecule has 163 valence electrons. The van der Waals surface area contributed by atoms with Crippen molar-refractivity contribution in [1.82, 2.24) is 9.97 Å². The standard InChI is InChI=1S/C18H12NS.C11H8N.Ir/c1-12-8-9-17-15(11-12)13-5-4-6-14(18(13)20-17)16-7-2-3-10-19-16;1-2-6-10(7-3-1)11-8-4-5-9-12-11;/h2-5,7-11H,1H3;1-6,8-9H;/q2*-1;. The molecule has 0 spiro atoms. The van der Waals surface area contributed by atoms with Crippen LogP contribution in [0.5, 0.6) is 0 Å². The molecule has 1 radical (unpaired) electrons. The summed E-state index contributed by atoms with van der Waals surface area (Å²) in [6, 6.07) is 37.0. The summed E-state index contributed by atoms with van der Waals surface area (Å²) in [5.41, 5.74) is 5.39. The molecular formula is C29H20IrN2S-2. The quantitative estimate of drug-likeness (QED) is 0.185. The van der Waals surface area contributed by atoms with Gasteiger partial charge in [0.15, 0.2) is 0 Å². The van der Waals surface area contributed by atoms with Gasteiger partial charge in [-0.2, -0.15) is 11.3 Å². The molecular weight excluding hydrogens is 601 g/mol. The van der Waals surface area contributed by atoms with Gasteiger partial charge in [-0.05, 0) is 46.6 Å². The number of hydrogen-bond donors (Lipinski definition) is 0. The molecule has 0 amide bonds. The molecule has 6 aromatic rings. The van der Waals surface area contributed by atoms with E-state index in [0.717, 1.165) is 22.5 Å². The summed E-state index contributed by atoms with van der Waals surface area (Å²) >= 11 is 1.82. The maximum absolute atomic E-state index is 4.46. The van der Waals surface area contributed by atoms with Crippen LogP contribution in [0.1, 0.15) is 5.56 Å². The average Bonchev–Trinajstić information content (AvgIpc) is 3.24. The summed E-state index contributed by atoms with van der Waals surface area (Å²) in [5.74, 6) is 0. The molecule has 0 bridgehead atoms. The fourth-order valence-corrected chi connectivity index (χ4v) is 4.82. The van der Waals surface area contributed by atoms with Crippen LogP contribution in [0.25, 0.3) is 42.7 Å². The minimum absolute atomic E-state index is 0. The van der Waals surface area contributed by atoms with Crippen molar-refractivity contribution in [1.29, 1.82) is 0 Å². The third kappa shape index (κ3) is 5.09. The molecule has 6 rings (SSSR count). The Morgan fingerprint density at radius 2 is 1.45 bits per heavy atom. The predicted octanol–water partition coefficient (Wildman–Crippen LogP) is 7.77. The van der Waals surface area contributed by atoms with Crippen LogP contribution < -0.4 is 0 Å². The second-order valence-electron chi connectivity index (χ2n) is 7.40. The van der Waals surface area contributed by atoms with E-state index in [2.05, 4.69) is 53.3 Å². The molecule has 4 heteroatoms. The number of hydrogen-bond acceptors (Lipinski definition) is 3. The summed E-state index contributed by atoms with van der Waals surface area (Å²) in [5, 5.41) is 2.63. The summed E-state index contributed by atoms with van der Waals surface area (Å²) in [6.45, 7) is 2.14. The van der Waals surface area contributed by atoms with Gasteiger partial charge < -0.3 is 9.97 Å². The Labute approximate surface area is 211 Å². The fraction of sp³-hybridized carbons (Fsp3) is 0.0345. The molecule has 3 aromatic carbocycles. The zero-order chi connectivity index (χ0) is 21.8. The number of fused-ring (bicyclic) bond motifs is 3. The van der Waals surface area contributed by atoms with Crippen molar-refractivity contribution in [3.8, 4) is 22.5 Å². The molecule has 0 aliphatic heterocycles. The second-order valence-corrected chi connectivity index (χ2v) is 8.46. The monoisotopic (exact) mass is 621 g/mol. The number of benzene rings is 3. The van der Waals surface area contributed by atoms with Crippen molar-refractivity contribution in [2.75, 3.05) is 0 Å². The van der Waals surface area contributed by atoms with Crippen molar-refractivity contribution < 1.29 is 20.1 Å². The maximum Gasteiger partial charge on any atom is 0.0239 e. The third-order valence-corrected chi connectivity index (χ3v) is 6.36. The van der Waals surface area contributed by atoms with Crippen LogP contribution in [-0.4, -0.2) is 9.97 Å². The molecule has 3 aromatic heterocycles. The van der Waals surface area contributed by atoms with E-state index >= 15 is 0 Å². The summed E-state index contributed by atoms with van der Waals surface area (Å²) < 4.78 is 2.59. The first-order chi connectivity index (χ1) is 15.8. The number of aromatic nitrogens is 2. The summed E-state index contributed by atoms with van der Waals surface area (Å²) in [4.78, 5) is 8.68. The summed E-state index contributed by atoms with van der Waals surface area (Å²) in [7, 11) is 0. The van der Waals surface area contributed by atoms with E-state index in [1.165, 1.54) is 25.7 Å². The van der Waals surface area contributed by atoms with Gasteiger partial charge in [0.25, 0.3) is 0 Å². The van der Waals surface area contributed by atoms with E-state index in [1.807, 2.05) is 84.3 Å². The third-order valence-electron chi connectivity index (χ3n) is 5.16.